The van der Waals surface area contributed by atoms with Crippen LogP contribution in [0.15, 0.2) is 17.1 Å². The molecule has 0 saturated carbocycles. The highest BCUT2D eigenvalue weighted by Crippen LogP contribution is 2.00. The van der Waals surface area contributed by atoms with Gasteiger partial charge in [0.15, 0.2) is 0 Å². The molecule has 1 heterocycles. The van der Waals surface area contributed by atoms with Gasteiger partial charge in [-0.05, 0) is 19.3 Å². The van der Waals surface area contributed by atoms with E-state index in [4.69, 9.17) is 0 Å². The molecule has 12 heavy (non-hydrogen) atoms. The molecule has 0 atom stereocenters. The van der Waals surface area contributed by atoms with Gasteiger partial charge in [0.1, 0.15) is 0 Å². The number of nitrogens with zero attached hydrogens (tertiary/aromatic N) is 1. The Balaban J connectivity index is 1.98. The highest BCUT2D eigenvalue weighted by atomic mass is 15.1. The van der Waals surface area contributed by atoms with Crippen LogP contribution in [0.4, 0.5) is 0 Å². The molecule has 2 nitrogen and oxygen atoms in total. The number of aliphatic imine (C=N–C) groups is 1. The predicted octanol–water partition coefficient (Wildman–Crippen LogP) is 2.12. The van der Waals surface area contributed by atoms with Crippen LogP contribution in [0, 0.1) is 0 Å². The Morgan fingerprint density at radius 2 is 2.42 bits per heavy atom. The normalized spacial score (nSPS) is 16.6. The molecule has 0 radical (unpaired) electrons. The maximum atomic E-state index is 4.33. The summed E-state index contributed by atoms with van der Waals surface area (Å²) >= 11 is 0. The molecule has 0 bridgehead atoms. The molecular weight excluding hydrogens is 148 g/mol. The van der Waals surface area contributed by atoms with Gasteiger partial charge in [0.25, 0.3) is 0 Å². The molecular formula is C10H18N2. The lowest BCUT2D eigenvalue weighted by molar-refractivity contribution is 0.864. The van der Waals surface area contributed by atoms with E-state index in [1.165, 1.54) is 18.7 Å². The maximum absolute atomic E-state index is 4.33. The van der Waals surface area contributed by atoms with Crippen molar-refractivity contribution in [3.8, 4) is 0 Å². The van der Waals surface area contributed by atoms with Gasteiger partial charge in [-0.3, -0.25) is 4.99 Å². The second-order valence-electron chi connectivity index (χ2n) is 3.03. The number of amidine groups is 1. The average molecular weight is 166 g/mol. The van der Waals surface area contributed by atoms with E-state index in [-0.39, 0.29) is 0 Å². The molecule has 0 saturated heterocycles. The molecule has 0 spiro atoms. The van der Waals surface area contributed by atoms with Gasteiger partial charge >= 0.3 is 0 Å². The van der Waals surface area contributed by atoms with E-state index in [2.05, 4.69) is 29.4 Å². The highest BCUT2D eigenvalue weighted by molar-refractivity contribution is 5.83. The first-order chi connectivity index (χ1) is 5.93. The number of unbranched alkanes of at least 4 members (excludes halogenated alkanes) is 1. The van der Waals surface area contributed by atoms with Crippen molar-refractivity contribution in [2.24, 2.45) is 4.99 Å². The highest BCUT2D eigenvalue weighted by Gasteiger charge is 2.02. The molecule has 68 valence electrons. The third-order valence-corrected chi connectivity index (χ3v) is 1.93. The predicted molar refractivity (Wildman–Crippen MR) is 53.6 cm³/mol. The number of hydrogen-bond acceptors (Lipinski definition) is 2. The number of allylic oxidation sites excluding steroid dienone is 2. The van der Waals surface area contributed by atoms with Crippen LogP contribution in [-0.4, -0.2) is 18.9 Å². The van der Waals surface area contributed by atoms with Crippen LogP contribution in [0.25, 0.3) is 0 Å². The Bertz CT molecular complexity index is 171. The summed E-state index contributed by atoms with van der Waals surface area (Å²) in [5.74, 6) is 1.21. The Kier molecular flexibility index (Phi) is 4.50. The summed E-state index contributed by atoms with van der Waals surface area (Å²) < 4.78 is 0. The van der Waals surface area contributed by atoms with Gasteiger partial charge in [0, 0.05) is 13.0 Å². The SMILES string of the molecule is CC/C=C/CCCC1=NCCN1. The summed E-state index contributed by atoms with van der Waals surface area (Å²) in [7, 11) is 0. The molecule has 0 aromatic rings. The Hall–Kier alpha value is -0.790. The zero-order valence-electron chi connectivity index (χ0n) is 7.84. The molecule has 1 aliphatic heterocycles. The second kappa shape index (κ2) is 5.81. The van der Waals surface area contributed by atoms with Crippen molar-refractivity contribution < 1.29 is 0 Å². The molecule has 0 fully saturated rings. The largest absolute Gasteiger partial charge is 0.372 e. The van der Waals surface area contributed by atoms with Crippen LogP contribution in [0.2, 0.25) is 0 Å². The number of hydrogen-bond donors (Lipinski definition) is 1. The van der Waals surface area contributed by atoms with Crippen LogP contribution in [0.5, 0.6) is 0 Å². The van der Waals surface area contributed by atoms with E-state index in [9.17, 15) is 0 Å². The van der Waals surface area contributed by atoms with Crippen molar-refractivity contribution in [2.45, 2.75) is 32.6 Å². The first kappa shape index (κ1) is 9.30. The first-order valence-corrected chi connectivity index (χ1v) is 4.85. The minimum absolute atomic E-state index is 0.972. The minimum atomic E-state index is 0.972. The summed E-state index contributed by atoms with van der Waals surface area (Å²) in [5, 5.41) is 3.27. The molecule has 1 rings (SSSR count). The van der Waals surface area contributed by atoms with E-state index in [0.29, 0.717) is 0 Å². The Morgan fingerprint density at radius 1 is 1.50 bits per heavy atom. The van der Waals surface area contributed by atoms with Crippen LogP contribution in [-0.2, 0) is 0 Å². The molecule has 0 aliphatic carbocycles. The second-order valence-corrected chi connectivity index (χ2v) is 3.03. The summed E-state index contributed by atoms with van der Waals surface area (Å²) in [6.45, 7) is 4.18. The fourth-order valence-electron chi connectivity index (χ4n) is 1.29. The standard InChI is InChI=1S/C10H18N2/c1-2-3-4-5-6-7-10-11-8-9-12-10/h3-4H,2,5-9H2,1H3,(H,11,12)/b4-3+. The first-order valence-electron chi connectivity index (χ1n) is 4.85. The number of nitrogens with one attached hydrogen (secondary N) is 1. The fourth-order valence-corrected chi connectivity index (χ4v) is 1.29. The Morgan fingerprint density at radius 3 is 3.08 bits per heavy atom. The lowest BCUT2D eigenvalue weighted by atomic mass is 10.2. The van der Waals surface area contributed by atoms with Gasteiger partial charge in [0.2, 0.25) is 0 Å². The van der Waals surface area contributed by atoms with E-state index >= 15 is 0 Å². The molecule has 1 N–H and O–H groups in total. The van der Waals surface area contributed by atoms with Crippen LogP contribution < -0.4 is 5.32 Å². The molecule has 1 aliphatic rings. The zero-order chi connectivity index (χ0) is 8.65. The van der Waals surface area contributed by atoms with Gasteiger partial charge in [-0.25, -0.2) is 0 Å². The van der Waals surface area contributed by atoms with Gasteiger partial charge in [-0.2, -0.15) is 0 Å². The molecule has 0 aromatic heterocycles. The van der Waals surface area contributed by atoms with Crippen molar-refractivity contribution >= 4 is 5.84 Å². The smallest absolute Gasteiger partial charge is 0.0964 e. The van der Waals surface area contributed by atoms with Crippen molar-refractivity contribution in [1.82, 2.24) is 5.32 Å². The van der Waals surface area contributed by atoms with Crippen LogP contribution in [0.3, 0.4) is 0 Å². The third kappa shape index (κ3) is 3.56. The molecule has 0 amide bonds. The van der Waals surface area contributed by atoms with Crippen LogP contribution >= 0.6 is 0 Å². The molecule has 0 unspecified atom stereocenters. The number of rotatable bonds is 5. The molecule has 0 aromatic carbocycles. The maximum Gasteiger partial charge on any atom is 0.0964 e. The van der Waals surface area contributed by atoms with Crippen LogP contribution in [0.1, 0.15) is 32.6 Å². The summed E-state index contributed by atoms with van der Waals surface area (Å²) in [6, 6.07) is 0. The zero-order valence-corrected chi connectivity index (χ0v) is 7.84. The molecule has 2 heteroatoms. The lowest BCUT2D eigenvalue weighted by Crippen LogP contribution is -2.17. The van der Waals surface area contributed by atoms with Gasteiger partial charge in [-0.15, -0.1) is 0 Å². The van der Waals surface area contributed by atoms with E-state index in [1.54, 1.807) is 0 Å². The summed E-state index contributed by atoms with van der Waals surface area (Å²) in [5.41, 5.74) is 0. The summed E-state index contributed by atoms with van der Waals surface area (Å²) in [4.78, 5) is 4.33. The van der Waals surface area contributed by atoms with Crippen molar-refractivity contribution in [3.05, 3.63) is 12.2 Å². The Labute approximate surface area is 74.8 Å². The van der Waals surface area contributed by atoms with Gasteiger partial charge < -0.3 is 5.32 Å². The summed E-state index contributed by atoms with van der Waals surface area (Å²) in [6.07, 6.45) is 9.17. The van der Waals surface area contributed by atoms with Crippen molar-refractivity contribution in [1.29, 1.82) is 0 Å². The minimum Gasteiger partial charge on any atom is -0.372 e. The topological polar surface area (TPSA) is 24.4 Å². The van der Waals surface area contributed by atoms with E-state index < -0.39 is 0 Å². The average Bonchev–Trinajstić information content (AvgIpc) is 2.57. The fraction of sp³-hybridized carbons (Fsp3) is 0.700. The monoisotopic (exact) mass is 166 g/mol. The van der Waals surface area contributed by atoms with E-state index in [0.717, 1.165) is 25.9 Å². The third-order valence-electron chi connectivity index (χ3n) is 1.93. The van der Waals surface area contributed by atoms with E-state index in [1.807, 2.05) is 0 Å². The van der Waals surface area contributed by atoms with Crippen molar-refractivity contribution in [3.63, 3.8) is 0 Å². The van der Waals surface area contributed by atoms with Gasteiger partial charge in [-0.1, -0.05) is 19.1 Å². The lowest BCUT2D eigenvalue weighted by Gasteiger charge is -1.98. The van der Waals surface area contributed by atoms with Crippen molar-refractivity contribution in [2.75, 3.05) is 13.1 Å². The van der Waals surface area contributed by atoms with Gasteiger partial charge in [0.05, 0.1) is 12.4 Å². The quantitative estimate of drug-likeness (QED) is 0.491.